The largest absolute Gasteiger partial charge is 0.374 e. The van der Waals surface area contributed by atoms with Crippen LogP contribution in [0, 0.1) is 5.92 Å². The summed E-state index contributed by atoms with van der Waals surface area (Å²) in [7, 11) is -1.05. The van der Waals surface area contributed by atoms with Gasteiger partial charge in [0.25, 0.3) is 0 Å². The lowest BCUT2D eigenvalue weighted by molar-refractivity contribution is 0.353. The van der Waals surface area contributed by atoms with E-state index >= 15 is 0 Å². The average Bonchev–Trinajstić information content (AvgIpc) is 2.22. The van der Waals surface area contributed by atoms with Crippen molar-refractivity contribution in [3.8, 4) is 0 Å². The molecule has 1 aliphatic heterocycles. The molecule has 1 aliphatic rings. The van der Waals surface area contributed by atoms with E-state index in [0.717, 1.165) is 25.3 Å². The van der Waals surface area contributed by atoms with Crippen molar-refractivity contribution in [3.05, 3.63) is 24.3 Å². The molecular weight excluding hydrogens is 236 g/mol. The first-order chi connectivity index (χ1) is 7.97. The minimum atomic E-state index is -3.09. The Morgan fingerprint density at radius 3 is 2.29 bits per heavy atom. The number of nitrogens with one attached hydrogen (secondary N) is 1. The predicted octanol–water partition coefficient (Wildman–Crippen LogP) is 0.746. The Balaban J connectivity index is 2.06. The monoisotopic (exact) mass is 254 g/mol. The predicted molar refractivity (Wildman–Crippen MR) is 69.2 cm³/mol. The Morgan fingerprint density at radius 1 is 1.29 bits per heavy atom. The van der Waals surface area contributed by atoms with E-state index in [4.69, 9.17) is 0 Å². The van der Waals surface area contributed by atoms with Crippen LogP contribution in [-0.2, 0) is 9.84 Å². The molecule has 94 valence electrons. The Hall–Kier alpha value is -1.07. The van der Waals surface area contributed by atoms with Crippen molar-refractivity contribution in [1.29, 1.82) is 0 Å². The summed E-state index contributed by atoms with van der Waals surface area (Å²) in [6.07, 6.45) is 1.23. The standard InChI is InChI=1S/C12H18N2O2S/c1-14(9-10-7-13-8-10)11-3-5-12(6-4-11)17(2,15)16/h3-6,10,13H,7-9H2,1-2H3. The van der Waals surface area contributed by atoms with Gasteiger partial charge in [0.2, 0.25) is 0 Å². The minimum absolute atomic E-state index is 0.375. The molecule has 2 rings (SSSR count). The lowest BCUT2D eigenvalue weighted by Crippen LogP contribution is -2.47. The quantitative estimate of drug-likeness (QED) is 0.861. The van der Waals surface area contributed by atoms with Crippen LogP contribution in [0.3, 0.4) is 0 Å². The lowest BCUT2D eigenvalue weighted by Gasteiger charge is -2.32. The van der Waals surface area contributed by atoms with Gasteiger partial charge in [-0.1, -0.05) is 0 Å². The van der Waals surface area contributed by atoms with Crippen LogP contribution >= 0.6 is 0 Å². The highest BCUT2D eigenvalue weighted by Crippen LogP contribution is 2.18. The molecule has 1 aromatic carbocycles. The van der Waals surface area contributed by atoms with Crippen LogP contribution in [0.2, 0.25) is 0 Å². The van der Waals surface area contributed by atoms with Crippen molar-refractivity contribution >= 4 is 15.5 Å². The molecule has 4 nitrogen and oxygen atoms in total. The van der Waals surface area contributed by atoms with E-state index in [1.807, 2.05) is 19.2 Å². The van der Waals surface area contributed by atoms with Gasteiger partial charge in [0, 0.05) is 44.5 Å². The summed E-state index contributed by atoms with van der Waals surface area (Å²) in [5.41, 5.74) is 1.06. The number of hydrogen-bond donors (Lipinski definition) is 1. The van der Waals surface area contributed by atoms with Crippen molar-refractivity contribution in [2.24, 2.45) is 5.92 Å². The van der Waals surface area contributed by atoms with Crippen molar-refractivity contribution in [2.45, 2.75) is 4.90 Å². The molecule has 1 N–H and O–H groups in total. The molecule has 0 unspecified atom stereocenters. The number of nitrogens with zero attached hydrogens (tertiary/aromatic N) is 1. The first-order valence-corrected chi connectivity index (χ1v) is 7.58. The molecule has 0 aromatic heterocycles. The van der Waals surface area contributed by atoms with Crippen LogP contribution in [0.1, 0.15) is 0 Å². The van der Waals surface area contributed by atoms with Gasteiger partial charge in [0.1, 0.15) is 0 Å². The van der Waals surface area contributed by atoms with Gasteiger partial charge in [0.05, 0.1) is 4.90 Å². The molecule has 0 spiro atoms. The molecule has 0 radical (unpaired) electrons. The number of hydrogen-bond acceptors (Lipinski definition) is 4. The third kappa shape index (κ3) is 2.98. The van der Waals surface area contributed by atoms with Crippen LogP contribution in [0.4, 0.5) is 5.69 Å². The fourth-order valence-electron chi connectivity index (χ4n) is 1.92. The van der Waals surface area contributed by atoms with Crippen LogP contribution < -0.4 is 10.2 Å². The van der Waals surface area contributed by atoms with Crippen molar-refractivity contribution in [3.63, 3.8) is 0 Å². The van der Waals surface area contributed by atoms with Crippen molar-refractivity contribution in [2.75, 3.05) is 37.8 Å². The van der Waals surface area contributed by atoms with Gasteiger partial charge in [-0.2, -0.15) is 0 Å². The summed E-state index contributed by atoms with van der Waals surface area (Å²) in [6.45, 7) is 3.16. The Morgan fingerprint density at radius 2 is 1.88 bits per heavy atom. The number of benzene rings is 1. The van der Waals surface area contributed by atoms with E-state index < -0.39 is 9.84 Å². The summed E-state index contributed by atoms with van der Waals surface area (Å²) in [5, 5.41) is 3.24. The average molecular weight is 254 g/mol. The van der Waals surface area contributed by atoms with Crippen LogP contribution in [0.5, 0.6) is 0 Å². The molecule has 17 heavy (non-hydrogen) atoms. The van der Waals surface area contributed by atoms with Gasteiger partial charge in [-0.15, -0.1) is 0 Å². The van der Waals surface area contributed by atoms with Crippen LogP contribution in [0.15, 0.2) is 29.2 Å². The first-order valence-electron chi connectivity index (χ1n) is 5.69. The molecule has 1 saturated heterocycles. The van der Waals surface area contributed by atoms with Gasteiger partial charge >= 0.3 is 0 Å². The first kappa shape index (κ1) is 12.4. The van der Waals surface area contributed by atoms with E-state index in [1.54, 1.807) is 12.1 Å². The van der Waals surface area contributed by atoms with Gasteiger partial charge in [-0.25, -0.2) is 8.42 Å². The highest BCUT2D eigenvalue weighted by atomic mass is 32.2. The SMILES string of the molecule is CN(CC1CNC1)c1ccc(S(C)(=O)=O)cc1. The van der Waals surface area contributed by atoms with Crippen molar-refractivity contribution in [1.82, 2.24) is 5.32 Å². The summed E-state index contributed by atoms with van der Waals surface area (Å²) < 4.78 is 22.7. The molecule has 0 bridgehead atoms. The van der Waals surface area contributed by atoms with E-state index in [1.165, 1.54) is 6.26 Å². The van der Waals surface area contributed by atoms with Gasteiger partial charge in [0.15, 0.2) is 9.84 Å². The zero-order chi connectivity index (χ0) is 12.5. The summed E-state index contributed by atoms with van der Waals surface area (Å²) >= 11 is 0. The topological polar surface area (TPSA) is 49.4 Å². The van der Waals surface area contributed by atoms with E-state index in [-0.39, 0.29) is 0 Å². The highest BCUT2D eigenvalue weighted by Gasteiger charge is 2.18. The zero-order valence-electron chi connectivity index (χ0n) is 10.2. The smallest absolute Gasteiger partial charge is 0.175 e. The molecule has 1 heterocycles. The maximum atomic E-state index is 11.3. The van der Waals surface area contributed by atoms with Gasteiger partial charge < -0.3 is 10.2 Å². The van der Waals surface area contributed by atoms with Crippen LogP contribution in [0.25, 0.3) is 0 Å². The number of sulfone groups is 1. The second-order valence-electron chi connectivity index (χ2n) is 4.67. The molecule has 0 atom stereocenters. The molecule has 5 heteroatoms. The third-order valence-corrected chi connectivity index (χ3v) is 4.23. The van der Waals surface area contributed by atoms with E-state index in [2.05, 4.69) is 10.2 Å². The second-order valence-corrected chi connectivity index (χ2v) is 6.69. The number of anilines is 1. The van der Waals surface area contributed by atoms with Crippen molar-refractivity contribution < 1.29 is 8.42 Å². The van der Waals surface area contributed by atoms with E-state index in [0.29, 0.717) is 10.8 Å². The Bertz CT molecular complexity index is 478. The fourth-order valence-corrected chi connectivity index (χ4v) is 2.55. The highest BCUT2D eigenvalue weighted by molar-refractivity contribution is 7.90. The molecule has 1 aromatic rings. The maximum Gasteiger partial charge on any atom is 0.175 e. The summed E-state index contributed by atoms with van der Waals surface area (Å²) in [5.74, 6) is 0.703. The molecule has 0 saturated carbocycles. The van der Waals surface area contributed by atoms with E-state index in [9.17, 15) is 8.42 Å². The molecular formula is C12H18N2O2S. The minimum Gasteiger partial charge on any atom is -0.374 e. The summed E-state index contributed by atoms with van der Waals surface area (Å²) in [6, 6.07) is 7.06. The molecule has 0 aliphatic carbocycles. The van der Waals surface area contributed by atoms with Gasteiger partial charge in [-0.3, -0.25) is 0 Å². The lowest BCUT2D eigenvalue weighted by atomic mass is 10.0. The third-order valence-electron chi connectivity index (χ3n) is 3.10. The second kappa shape index (κ2) is 4.66. The van der Waals surface area contributed by atoms with Crippen LogP contribution in [-0.4, -0.2) is 41.4 Å². The summed E-state index contributed by atoms with van der Waals surface area (Å²) in [4.78, 5) is 2.54. The van der Waals surface area contributed by atoms with Gasteiger partial charge in [-0.05, 0) is 24.3 Å². The normalized spacial score (nSPS) is 16.6. The molecule has 0 amide bonds. The Kier molecular flexibility index (Phi) is 3.40. The zero-order valence-corrected chi connectivity index (χ0v) is 11.0. The molecule has 1 fully saturated rings. The number of rotatable bonds is 4. The maximum absolute atomic E-state index is 11.3. The fraction of sp³-hybridized carbons (Fsp3) is 0.500. The Labute approximate surface area is 103 Å².